The first kappa shape index (κ1) is 15.7. The third kappa shape index (κ3) is 6.81. The Balaban J connectivity index is 0.00000256. The van der Waals surface area contributed by atoms with Crippen molar-refractivity contribution in [2.24, 2.45) is 11.5 Å². The molecule has 0 aliphatic carbocycles. The van der Waals surface area contributed by atoms with Crippen molar-refractivity contribution < 1.29 is 9.53 Å². The number of ether oxygens (including phenoxy) is 1. The summed E-state index contributed by atoms with van der Waals surface area (Å²) in [5.41, 5.74) is 11.4. The van der Waals surface area contributed by atoms with Crippen molar-refractivity contribution in [1.82, 2.24) is 0 Å². The summed E-state index contributed by atoms with van der Waals surface area (Å²) in [5, 5.41) is 0. The molecule has 1 rings (SSSR count). The normalized spacial score (nSPS) is 9.47. The molecule has 0 aliphatic heterocycles. The second-order valence-electron chi connectivity index (χ2n) is 3.63. The Morgan fingerprint density at radius 3 is 2.35 bits per heavy atom. The number of nitrogens with two attached hydrogens (primary N) is 2. The van der Waals surface area contributed by atoms with Gasteiger partial charge in [-0.15, -0.1) is 12.4 Å². The zero-order valence-electron chi connectivity index (χ0n) is 9.72. The van der Waals surface area contributed by atoms with Crippen LogP contribution in [0.25, 0.3) is 0 Å². The molecule has 5 heteroatoms. The van der Waals surface area contributed by atoms with Crippen LogP contribution in [-0.2, 0) is 11.2 Å². The van der Waals surface area contributed by atoms with Crippen LogP contribution < -0.4 is 16.2 Å². The summed E-state index contributed by atoms with van der Waals surface area (Å²) in [6.45, 7) is 1.37. The number of carbonyl (C=O) groups excluding carboxylic acids is 1. The zero-order chi connectivity index (χ0) is 11.8. The molecule has 96 valence electrons. The molecular formula is C12H19ClN2O2. The Hall–Kier alpha value is -1.26. The fraction of sp³-hybridized carbons (Fsp3) is 0.417. The molecule has 1 aromatic carbocycles. The van der Waals surface area contributed by atoms with E-state index in [0.29, 0.717) is 13.2 Å². The highest BCUT2D eigenvalue weighted by Crippen LogP contribution is 2.12. The number of hydrogen-bond donors (Lipinski definition) is 2. The number of hydrogen-bond acceptors (Lipinski definition) is 3. The van der Waals surface area contributed by atoms with Crippen molar-refractivity contribution in [2.75, 3.05) is 13.2 Å². The molecule has 0 radical (unpaired) electrons. The molecule has 4 N–H and O–H groups in total. The van der Waals surface area contributed by atoms with Gasteiger partial charge in [-0.25, -0.2) is 0 Å². The van der Waals surface area contributed by atoms with Crippen LogP contribution in [0.5, 0.6) is 5.75 Å². The molecule has 0 atom stereocenters. The Kier molecular flexibility index (Phi) is 8.19. The van der Waals surface area contributed by atoms with E-state index in [-0.39, 0.29) is 24.7 Å². The molecule has 4 nitrogen and oxygen atoms in total. The molecule has 0 aliphatic rings. The predicted octanol–water partition coefficient (Wildman–Crippen LogP) is 1.25. The van der Waals surface area contributed by atoms with Gasteiger partial charge in [-0.2, -0.15) is 0 Å². The van der Waals surface area contributed by atoms with Crippen LogP contribution >= 0.6 is 12.4 Å². The van der Waals surface area contributed by atoms with Crippen molar-refractivity contribution >= 4 is 18.3 Å². The van der Waals surface area contributed by atoms with Gasteiger partial charge in [0.25, 0.3) is 0 Å². The number of halogens is 1. The van der Waals surface area contributed by atoms with Crippen molar-refractivity contribution in [1.29, 1.82) is 0 Å². The molecule has 0 spiro atoms. The van der Waals surface area contributed by atoms with E-state index >= 15 is 0 Å². The average Bonchev–Trinajstić information content (AvgIpc) is 2.26. The molecule has 1 amide bonds. The second kappa shape index (κ2) is 8.84. The van der Waals surface area contributed by atoms with Crippen LogP contribution in [0.15, 0.2) is 24.3 Å². The lowest BCUT2D eigenvalue weighted by Gasteiger charge is -2.06. The first-order valence-electron chi connectivity index (χ1n) is 5.42. The van der Waals surface area contributed by atoms with Crippen molar-refractivity contribution in [3.8, 4) is 5.75 Å². The number of rotatable bonds is 7. The van der Waals surface area contributed by atoms with Crippen molar-refractivity contribution in [3.63, 3.8) is 0 Å². The smallest absolute Gasteiger partial charge is 0.221 e. The lowest BCUT2D eigenvalue weighted by Crippen LogP contribution is -2.13. The highest BCUT2D eigenvalue weighted by atomic mass is 35.5. The van der Waals surface area contributed by atoms with Gasteiger partial charge in [0.15, 0.2) is 0 Å². The molecular weight excluding hydrogens is 240 g/mol. The molecule has 0 saturated carbocycles. The molecule has 0 saturated heterocycles. The fourth-order valence-electron chi connectivity index (χ4n) is 1.34. The van der Waals surface area contributed by atoms with E-state index in [1.165, 1.54) is 0 Å². The lowest BCUT2D eigenvalue weighted by atomic mass is 10.1. The van der Waals surface area contributed by atoms with Gasteiger partial charge in [0.05, 0.1) is 13.0 Å². The molecule has 1 aromatic rings. The van der Waals surface area contributed by atoms with Gasteiger partial charge in [0.1, 0.15) is 5.75 Å². The van der Waals surface area contributed by atoms with Crippen molar-refractivity contribution in [2.45, 2.75) is 19.3 Å². The monoisotopic (exact) mass is 258 g/mol. The van der Waals surface area contributed by atoms with Gasteiger partial charge < -0.3 is 16.2 Å². The maximum Gasteiger partial charge on any atom is 0.221 e. The van der Waals surface area contributed by atoms with E-state index in [2.05, 4.69) is 0 Å². The Morgan fingerprint density at radius 2 is 1.82 bits per heavy atom. The van der Waals surface area contributed by atoms with Crippen LogP contribution in [0.1, 0.15) is 18.4 Å². The first-order valence-corrected chi connectivity index (χ1v) is 5.42. The number of amides is 1. The molecule has 0 fully saturated rings. The van der Waals surface area contributed by atoms with Crippen LogP contribution in [0.4, 0.5) is 0 Å². The third-order valence-corrected chi connectivity index (χ3v) is 2.17. The third-order valence-electron chi connectivity index (χ3n) is 2.17. The Bertz CT molecular complexity index is 328. The minimum Gasteiger partial charge on any atom is -0.494 e. The molecule has 0 bridgehead atoms. The van der Waals surface area contributed by atoms with Gasteiger partial charge in [-0.05, 0) is 37.1 Å². The zero-order valence-corrected chi connectivity index (χ0v) is 10.5. The summed E-state index contributed by atoms with van der Waals surface area (Å²) >= 11 is 0. The second-order valence-corrected chi connectivity index (χ2v) is 3.63. The molecule has 0 unspecified atom stereocenters. The summed E-state index contributed by atoms with van der Waals surface area (Å²) in [6, 6.07) is 7.40. The van der Waals surface area contributed by atoms with Gasteiger partial charge >= 0.3 is 0 Å². The number of carbonyl (C=O) groups is 1. The highest BCUT2D eigenvalue weighted by Gasteiger charge is 1.99. The highest BCUT2D eigenvalue weighted by molar-refractivity contribution is 5.85. The largest absolute Gasteiger partial charge is 0.494 e. The van der Waals surface area contributed by atoms with E-state index < -0.39 is 0 Å². The standard InChI is InChI=1S/C12H18N2O2.ClH/c13-7-1-2-8-16-11-5-3-10(4-6-11)9-12(14)15;/h3-6H,1-2,7-9,13H2,(H2,14,15);1H. The van der Waals surface area contributed by atoms with Gasteiger partial charge in [0.2, 0.25) is 5.91 Å². The maximum atomic E-state index is 10.7. The topological polar surface area (TPSA) is 78.3 Å². The Labute approximate surface area is 108 Å². The van der Waals surface area contributed by atoms with Crippen LogP contribution in [0.2, 0.25) is 0 Å². The summed E-state index contributed by atoms with van der Waals surface area (Å²) in [7, 11) is 0. The van der Waals surface area contributed by atoms with Crippen LogP contribution in [0.3, 0.4) is 0 Å². The quantitative estimate of drug-likeness (QED) is 0.723. The molecule has 0 heterocycles. The summed E-state index contributed by atoms with van der Waals surface area (Å²) in [6.07, 6.45) is 2.20. The van der Waals surface area contributed by atoms with Gasteiger partial charge in [0, 0.05) is 0 Å². The van der Waals surface area contributed by atoms with E-state index in [1.807, 2.05) is 24.3 Å². The lowest BCUT2D eigenvalue weighted by molar-refractivity contribution is -0.117. The molecule has 0 aromatic heterocycles. The van der Waals surface area contributed by atoms with E-state index in [0.717, 1.165) is 24.2 Å². The van der Waals surface area contributed by atoms with E-state index in [9.17, 15) is 4.79 Å². The van der Waals surface area contributed by atoms with Gasteiger partial charge in [-0.3, -0.25) is 4.79 Å². The van der Waals surface area contributed by atoms with Crippen molar-refractivity contribution in [3.05, 3.63) is 29.8 Å². The SMILES string of the molecule is Cl.NCCCCOc1ccc(CC(N)=O)cc1. The number of unbranched alkanes of at least 4 members (excludes halogenated alkanes) is 1. The summed E-state index contributed by atoms with van der Waals surface area (Å²) in [4.78, 5) is 10.7. The number of primary amides is 1. The summed E-state index contributed by atoms with van der Waals surface area (Å²) in [5.74, 6) is 0.488. The molecule has 17 heavy (non-hydrogen) atoms. The predicted molar refractivity (Wildman–Crippen MR) is 70.4 cm³/mol. The average molecular weight is 259 g/mol. The minimum atomic E-state index is -0.323. The number of benzene rings is 1. The van der Waals surface area contributed by atoms with Crippen LogP contribution in [-0.4, -0.2) is 19.1 Å². The minimum absolute atomic E-state index is 0. The Morgan fingerprint density at radius 1 is 1.18 bits per heavy atom. The van der Waals surface area contributed by atoms with Crippen LogP contribution in [0, 0.1) is 0 Å². The summed E-state index contributed by atoms with van der Waals surface area (Å²) < 4.78 is 5.50. The van der Waals surface area contributed by atoms with E-state index in [1.54, 1.807) is 0 Å². The fourth-order valence-corrected chi connectivity index (χ4v) is 1.34. The maximum absolute atomic E-state index is 10.7. The van der Waals surface area contributed by atoms with Gasteiger partial charge in [-0.1, -0.05) is 12.1 Å². The van der Waals surface area contributed by atoms with E-state index in [4.69, 9.17) is 16.2 Å². The first-order chi connectivity index (χ1) is 7.72.